The molecular weight excluding hydrogens is 601 g/mol. The smallest absolute Gasteiger partial charge is 0.264 e. The summed E-state index contributed by atoms with van der Waals surface area (Å²) in [5.41, 5.74) is 1.69. The van der Waals surface area contributed by atoms with Gasteiger partial charge in [0.2, 0.25) is 11.8 Å². The summed E-state index contributed by atoms with van der Waals surface area (Å²) in [6.07, 6.45) is 0. The van der Waals surface area contributed by atoms with Crippen molar-refractivity contribution in [2.45, 2.75) is 31.3 Å². The average molecular weight is 627 g/mol. The van der Waals surface area contributed by atoms with E-state index >= 15 is 0 Å². The highest BCUT2D eigenvalue weighted by molar-refractivity contribution is 9.10. The van der Waals surface area contributed by atoms with E-state index in [0.29, 0.717) is 0 Å². The van der Waals surface area contributed by atoms with E-state index in [2.05, 4.69) is 21.2 Å². The normalized spacial score (nSPS) is 12.1. The van der Waals surface area contributed by atoms with Gasteiger partial charge in [0.15, 0.2) is 0 Å². The zero-order valence-corrected chi connectivity index (χ0v) is 24.3. The predicted octanol–water partition coefficient (Wildman–Crippen LogP) is 5.42. The lowest BCUT2D eigenvalue weighted by molar-refractivity contribution is -0.139. The van der Waals surface area contributed by atoms with Crippen molar-refractivity contribution in [3.05, 3.63) is 92.4 Å². The molecule has 7 nitrogen and oxygen atoms in total. The first-order valence-corrected chi connectivity index (χ1v) is 14.2. The number of carbonyl (C=O) groups is 2. The van der Waals surface area contributed by atoms with Crippen LogP contribution in [0.25, 0.3) is 0 Å². The molecule has 0 heterocycles. The minimum atomic E-state index is -4.24. The molecule has 0 saturated heterocycles. The molecule has 0 bridgehead atoms. The second-order valence-electron chi connectivity index (χ2n) is 8.36. The number of hydrogen-bond acceptors (Lipinski definition) is 4. The summed E-state index contributed by atoms with van der Waals surface area (Å²) in [4.78, 5) is 27.6. The Kier molecular flexibility index (Phi) is 9.63. The summed E-state index contributed by atoms with van der Waals surface area (Å²) in [6.45, 7) is 2.89. The molecule has 0 fully saturated rings. The summed E-state index contributed by atoms with van der Waals surface area (Å²) < 4.78 is 29.3. The summed E-state index contributed by atoms with van der Waals surface area (Å²) in [6, 6.07) is 17.1. The minimum absolute atomic E-state index is 0.0140. The van der Waals surface area contributed by atoms with E-state index < -0.39 is 34.4 Å². The highest BCUT2D eigenvalue weighted by atomic mass is 79.9. The molecule has 0 aromatic heterocycles. The Labute approximate surface area is 235 Å². The van der Waals surface area contributed by atoms with Crippen molar-refractivity contribution in [1.29, 1.82) is 0 Å². The first kappa shape index (κ1) is 29.0. The molecule has 0 radical (unpaired) electrons. The largest absolute Gasteiger partial charge is 0.357 e. The maximum atomic E-state index is 13.8. The summed E-state index contributed by atoms with van der Waals surface area (Å²) in [5, 5.41) is 2.90. The predicted molar refractivity (Wildman–Crippen MR) is 150 cm³/mol. The molecule has 0 spiro atoms. The van der Waals surface area contributed by atoms with Gasteiger partial charge in [0.1, 0.15) is 12.6 Å². The molecule has 0 aliphatic carbocycles. The number of benzene rings is 3. The Balaban J connectivity index is 2.08. The number of amides is 2. The van der Waals surface area contributed by atoms with E-state index in [0.717, 1.165) is 19.9 Å². The molecule has 37 heavy (non-hydrogen) atoms. The van der Waals surface area contributed by atoms with Gasteiger partial charge in [-0.15, -0.1) is 0 Å². The SMILES string of the molecule is CNC(=O)[C@H](C)N(Cc1cccc(Br)c1)C(=O)CN(c1cc(Cl)ccc1Cl)S(=O)(=O)c1ccc(C)cc1. The van der Waals surface area contributed by atoms with Gasteiger partial charge in [0, 0.05) is 23.1 Å². The van der Waals surface area contributed by atoms with Crippen LogP contribution in [0, 0.1) is 6.92 Å². The number of carbonyl (C=O) groups excluding carboxylic acids is 2. The number of halogens is 3. The van der Waals surface area contributed by atoms with Crippen molar-refractivity contribution >= 4 is 66.7 Å². The van der Waals surface area contributed by atoms with Gasteiger partial charge in [0.05, 0.1) is 15.6 Å². The van der Waals surface area contributed by atoms with Crippen LogP contribution in [0.4, 0.5) is 5.69 Å². The van der Waals surface area contributed by atoms with Crippen LogP contribution in [-0.2, 0) is 26.2 Å². The third-order valence-corrected chi connectivity index (χ3v) is 8.54. The van der Waals surface area contributed by atoms with Crippen LogP contribution in [0.3, 0.4) is 0 Å². The molecule has 0 saturated carbocycles. The van der Waals surface area contributed by atoms with E-state index in [4.69, 9.17) is 23.2 Å². The molecule has 0 aliphatic rings. The third-order valence-electron chi connectivity index (χ3n) is 5.72. The average Bonchev–Trinajstić information content (AvgIpc) is 2.86. The lowest BCUT2D eigenvalue weighted by Gasteiger charge is -2.32. The number of rotatable bonds is 9. The molecule has 3 rings (SSSR count). The molecule has 2 amide bonds. The van der Waals surface area contributed by atoms with E-state index in [1.54, 1.807) is 19.1 Å². The number of aryl methyl sites for hydroxylation is 1. The zero-order chi connectivity index (χ0) is 27.3. The van der Waals surface area contributed by atoms with E-state index in [1.165, 1.54) is 42.3 Å². The fraction of sp³-hybridized carbons (Fsp3) is 0.231. The van der Waals surface area contributed by atoms with Gasteiger partial charge >= 0.3 is 0 Å². The molecule has 3 aromatic carbocycles. The zero-order valence-electron chi connectivity index (χ0n) is 20.4. The highest BCUT2D eigenvalue weighted by Crippen LogP contribution is 2.33. The van der Waals surface area contributed by atoms with Crippen LogP contribution >= 0.6 is 39.1 Å². The molecule has 196 valence electrons. The third kappa shape index (κ3) is 7.04. The quantitative estimate of drug-likeness (QED) is 0.344. The Morgan fingerprint density at radius 3 is 2.32 bits per heavy atom. The fourth-order valence-corrected chi connectivity index (χ4v) is 5.96. The van der Waals surface area contributed by atoms with Crippen molar-refractivity contribution in [2.75, 3.05) is 17.9 Å². The number of hydrogen-bond donors (Lipinski definition) is 1. The van der Waals surface area contributed by atoms with Gasteiger partial charge in [-0.1, -0.05) is 69.0 Å². The maximum Gasteiger partial charge on any atom is 0.264 e. The molecule has 1 N–H and O–H groups in total. The van der Waals surface area contributed by atoms with Crippen molar-refractivity contribution in [1.82, 2.24) is 10.2 Å². The lowest BCUT2D eigenvalue weighted by Crippen LogP contribution is -2.50. The Morgan fingerprint density at radius 1 is 1.03 bits per heavy atom. The first-order chi connectivity index (χ1) is 17.4. The molecular formula is C26H26BrCl2N3O4S. The van der Waals surface area contributed by atoms with Crippen molar-refractivity contribution in [2.24, 2.45) is 0 Å². The van der Waals surface area contributed by atoms with E-state index in [1.807, 2.05) is 31.2 Å². The van der Waals surface area contributed by atoms with Crippen LogP contribution < -0.4 is 9.62 Å². The second kappa shape index (κ2) is 12.3. The van der Waals surface area contributed by atoms with Crippen LogP contribution in [-0.4, -0.2) is 44.8 Å². The topological polar surface area (TPSA) is 86.8 Å². The number of anilines is 1. The molecule has 11 heteroatoms. The number of nitrogens with one attached hydrogen (secondary N) is 1. The minimum Gasteiger partial charge on any atom is -0.357 e. The Bertz CT molecular complexity index is 1400. The standard InChI is InChI=1S/C26H26BrCl2N3O4S/c1-17-7-10-22(11-8-17)37(35,36)32(24-14-21(28)9-12-23(24)29)16-25(33)31(18(2)26(34)30-3)15-19-5-4-6-20(27)13-19/h4-14,18H,15-16H2,1-3H3,(H,30,34)/t18-/m0/s1. The van der Waals surface area contributed by atoms with Crippen LogP contribution in [0.15, 0.2) is 76.1 Å². The first-order valence-electron chi connectivity index (χ1n) is 11.2. The van der Waals surface area contributed by atoms with Gasteiger partial charge in [0.25, 0.3) is 10.0 Å². The second-order valence-corrected chi connectivity index (χ2v) is 12.0. The van der Waals surface area contributed by atoms with E-state index in [9.17, 15) is 18.0 Å². The number of nitrogens with zero attached hydrogens (tertiary/aromatic N) is 2. The van der Waals surface area contributed by atoms with Crippen LogP contribution in [0.5, 0.6) is 0 Å². The van der Waals surface area contributed by atoms with Crippen molar-refractivity contribution in [3.8, 4) is 0 Å². The van der Waals surface area contributed by atoms with E-state index in [-0.39, 0.29) is 27.2 Å². The molecule has 1 atom stereocenters. The fourth-order valence-electron chi connectivity index (χ4n) is 3.65. The number of sulfonamides is 1. The summed E-state index contributed by atoms with van der Waals surface area (Å²) in [5.74, 6) is -0.986. The Hall–Kier alpha value is -2.59. The van der Waals surface area contributed by atoms with Gasteiger partial charge in [-0.05, 0) is 61.9 Å². The highest BCUT2D eigenvalue weighted by Gasteiger charge is 2.33. The Morgan fingerprint density at radius 2 is 1.70 bits per heavy atom. The lowest BCUT2D eigenvalue weighted by atomic mass is 10.1. The monoisotopic (exact) mass is 625 g/mol. The van der Waals surface area contributed by atoms with Gasteiger partial charge < -0.3 is 10.2 Å². The maximum absolute atomic E-state index is 13.8. The molecule has 0 aliphatic heterocycles. The van der Waals surface area contributed by atoms with Gasteiger partial charge in [-0.2, -0.15) is 0 Å². The molecule has 3 aromatic rings. The van der Waals surface area contributed by atoms with Gasteiger partial charge in [-0.3, -0.25) is 13.9 Å². The van der Waals surface area contributed by atoms with Crippen molar-refractivity contribution < 1.29 is 18.0 Å². The van der Waals surface area contributed by atoms with Crippen molar-refractivity contribution in [3.63, 3.8) is 0 Å². The summed E-state index contributed by atoms with van der Waals surface area (Å²) in [7, 11) is -2.76. The van der Waals surface area contributed by atoms with Crippen LogP contribution in [0.1, 0.15) is 18.1 Å². The number of likely N-dealkylation sites (N-methyl/N-ethyl adjacent to an activating group) is 1. The van der Waals surface area contributed by atoms with Gasteiger partial charge in [-0.25, -0.2) is 8.42 Å². The molecule has 0 unspecified atom stereocenters. The van der Waals surface area contributed by atoms with Crippen LogP contribution in [0.2, 0.25) is 10.0 Å². The summed E-state index contributed by atoms with van der Waals surface area (Å²) >= 11 is 16.0.